The van der Waals surface area contributed by atoms with Crippen LogP contribution in [0.25, 0.3) is 0 Å². The summed E-state index contributed by atoms with van der Waals surface area (Å²) < 4.78 is 0. The first-order valence-corrected chi connectivity index (χ1v) is 7.39. The van der Waals surface area contributed by atoms with E-state index in [0.29, 0.717) is 12.1 Å². The molecule has 4 heteroatoms. The molecule has 0 aliphatic rings. The zero-order valence-electron chi connectivity index (χ0n) is 13.8. The third-order valence-corrected chi connectivity index (χ3v) is 4.02. The number of carbonyl (C=O) groups excluding carboxylic acids is 1. The molecule has 0 saturated carbocycles. The Morgan fingerprint density at radius 1 is 1.10 bits per heavy atom. The standard InChI is InChI=1S/C17H28N2O.ClH/c1-6-17(18,7-2)12-19-15(20)13-8-10-14(11-9-13)16(3,4)5;/h8-11H,6-7,12,18H2,1-5H3,(H,19,20);1H. The summed E-state index contributed by atoms with van der Waals surface area (Å²) in [4.78, 5) is 12.1. The predicted octanol–water partition coefficient (Wildman–Crippen LogP) is 3.65. The van der Waals surface area contributed by atoms with Crippen molar-refractivity contribution in [2.24, 2.45) is 5.73 Å². The Morgan fingerprint density at radius 3 is 1.95 bits per heavy atom. The number of benzene rings is 1. The van der Waals surface area contributed by atoms with Gasteiger partial charge in [0, 0.05) is 17.6 Å². The Morgan fingerprint density at radius 2 is 1.57 bits per heavy atom. The fourth-order valence-corrected chi connectivity index (χ4v) is 1.98. The summed E-state index contributed by atoms with van der Waals surface area (Å²) >= 11 is 0. The Balaban J connectivity index is 0.00000400. The Labute approximate surface area is 135 Å². The van der Waals surface area contributed by atoms with Crippen LogP contribution in [0.1, 0.15) is 63.4 Å². The van der Waals surface area contributed by atoms with Crippen molar-refractivity contribution >= 4 is 18.3 Å². The van der Waals surface area contributed by atoms with Gasteiger partial charge < -0.3 is 11.1 Å². The van der Waals surface area contributed by atoms with Gasteiger partial charge in [0.1, 0.15) is 0 Å². The first kappa shape index (κ1) is 19.9. The number of amides is 1. The molecule has 21 heavy (non-hydrogen) atoms. The Hall–Kier alpha value is -1.06. The molecule has 0 heterocycles. The van der Waals surface area contributed by atoms with Crippen molar-refractivity contribution in [1.82, 2.24) is 5.32 Å². The number of hydrogen-bond acceptors (Lipinski definition) is 2. The number of halogens is 1. The normalized spacial score (nSPS) is 11.7. The van der Waals surface area contributed by atoms with E-state index in [1.165, 1.54) is 5.56 Å². The molecule has 3 nitrogen and oxygen atoms in total. The van der Waals surface area contributed by atoms with Crippen molar-refractivity contribution in [2.75, 3.05) is 6.54 Å². The van der Waals surface area contributed by atoms with Crippen LogP contribution in [0.5, 0.6) is 0 Å². The van der Waals surface area contributed by atoms with Gasteiger partial charge in [-0.15, -0.1) is 12.4 Å². The molecule has 1 aromatic rings. The van der Waals surface area contributed by atoms with E-state index < -0.39 is 0 Å². The third kappa shape index (κ3) is 5.68. The summed E-state index contributed by atoms with van der Waals surface area (Å²) in [5.41, 5.74) is 7.90. The summed E-state index contributed by atoms with van der Waals surface area (Å²) in [6.07, 6.45) is 1.71. The highest BCUT2D eigenvalue weighted by molar-refractivity contribution is 5.94. The Bertz CT molecular complexity index is 445. The average molecular weight is 313 g/mol. The lowest BCUT2D eigenvalue weighted by Gasteiger charge is -2.26. The van der Waals surface area contributed by atoms with E-state index in [0.717, 1.165) is 12.8 Å². The highest BCUT2D eigenvalue weighted by Crippen LogP contribution is 2.22. The van der Waals surface area contributed by atoms with Gasteiger partial charge in [-0.25, -0.2) is 0 Å². The largest absolute Gasteiger partial charge is 0.350 e. The fourth-order valence-electron chi connectivity index (χ4n) is 1.98. The number of hydrogen-bond donors (Lipinski definition) is 2. The van der Waals surface area contributed by atoms with Crippen molar-refractivity contribution < 1.29 is 4.79 Å². The first-order valence-electron chi connectivity index (χ1n) is 7.39. The van der Waals surface area contributed by atoms with Crippen molar-refractivity contribution in [2.45, 2.75) is 58.4 Å². The minimum atomic E-state index is -0.305. The lowest BCUT2D eigenvalue weighted by atomic mass is 9.86. The molecule has 1 aromatic carbocycles. The summed E-state index contributed by atoms with van der Waals surface area (Å²) in [5.74, 6) is -0.0535. The molecule has 3 N–H and O–H groups in total. The molecule has 0 aliphatic heterocycles. The molecule has 1 rings (SSSR count). The van der Waals surface area contributed by atoms with E-state index in [1.54, 1.807) is 0 Å². The van der Waals surface area contributed by atoms with Crippen LogP contribution in [0.4, 0.5) is 0 Å². The Kier molecular flexibility index (Phi) is 7.41. The fraction of sp³-hybridized carbons (Fsp3) is 0.588. The molecule has 0 fully saturated rings. The minimum absolute atomic E-state index is 0. The van der Waals surface area contributed by atoms with Gasteiger partial charge in [-0.05, 0) is 36.0 Å². The molecule has 0 spiro atoms. The molecular formula is C17H29ClN2O. The number of carbonyl (C=O) groups is 1. The SMILES string of the molecule is CCC(N)(CC)CNC(=O)c1ccc(C(C)(C)C)cc1.Cl. The summed E-state index contributed by atoms with van der Waals surface area (Å²) in [5, 5.41) is 2.94. The molecule has 0 saturated heterocycles. The first-order chi connectivity index (χ1) is 9.22. The van der Waals surface area contributed by atoms with Gasteiger partial charge in [-0.2, -0.15) is 0 Å². The van der Waals surface area contributed by atoms with Crippen LogP contribution in [-0.2, 0) is 5.41 Å². The second-order valence-electron chi connectivity index (χ2n) is 6.58. The molecule has 0 radical (unpaired) electrons. The second-order valence-corrected chi connectivity index (χ2v) is 6.58. The van der Waals surface area contributed by atoms with Gasteiger partial charge in [-0.3, -0.25) is 4.79 Å². The number of nitrogens with one attached hydrogen (secondary N) is 1. The van der Waals surface area contributed by atoms with E-state index in [-0.39, 0.29) is 29.3 Å². The third-order valence-electron chi connectivity index (χ3n) is 4.02. The molecule has 1 amide bonds. The van der Waals surface area contributed by atoms with Crippen LogP contribution in [0.15, 0.2) is 24.3 Å². The van der Waals surface area contributed by atoms with E-state index >= 15 is 0 Å². The summed E-state index contributed by atoms with van der Waals surface area (Å²) in [6, 6.07) is 7.80. The maximum Gasteiger partial charge on any atom is 0.251 e. The number of nitrogens with two attached hydrogens (primary N) is 1. The maximum atomic E-state index is 12.1. The van der Waals surface area contributed by atoms with Gasteiger partial charge in [0.25, 0.3) is 5.91 Å². The topological polar surface area (TPSA) is 55.1 Å². The zero-order valence-corrected chi connectivity index (χ0v) is 14.6. The van der Waals surface area contributed by atoms with Crippen LogP contribution in [-0.4, -0.2) is 18.0 Å². The lowest BCUT2D eigenvalue weighted by molar-refractivity contribution is 0.0942. The highest BCUT2D eigenvalue weighted by Gasteiger charge is 2.21. The molecule has 0 bridgehead atoms. The molecule has 0 unspecified atom stereocenters. The summed E-state index contributed by atoms with van der Waals surface area (Å²) in [7, 11) is 0. The number of rotatable bonds is 5. The molecular weight excluding hydrogens is 284 g/mol. The van der Waals surface area contributed by atoms with Crippen molar-refractivity contribution in [3.63, 3.8) is 0 Å². The van der Waals surface area contributed by atoms with Gasteiger partial charge in [-0.1, -0.05) is 46.8 Å². The predicted molar refractivity (Wildman–Crippen MR) is 92.2 cm³/mol. The van der Waals surface area contributed by atoms with E-state index in [2.05, 4.69) is 26.1 Å². The van der Waals surface area contributed by atoms with Gasteiger partial charge in [0.15, 0.2) is 0 Å². The minimum Gasteiger partial charge on any atom is -0.350 e. The molecule has 0 atom stereocenters. The van der Waals surface area contributed by atoms with Gasteiger partial charge in [0.2, 0.25) is 0 Å². The highest BCUT2D eigenvalue weighted by atomic mass is 35.5. The monoisotopic (exact) mass is 312 g/mol. The van der Waals surface area contributed by atoms with Crippen LogP contribution in [0.2, 0.25) is 0 Å². The van der Waals surface area contributed by atoms with Gasteiger partial charge in [0.05, 0.1) is 0 Å². The van der Waals surface area contributed by atoms with E-state index in [1.807, 2.05) is 38.1 Å². The van der Waals surface area contributed by atoms with Crippen molar-refractivity contribution in [1.29, 1.82) is 0 Å². The van der Waals surface area contributed by atoms with E-state index in [9.17, 15) is 4.79 Å². The van der Waals surface area contributed by atoms with Crippen LogP contribution in [0, 0.1) is 0 Å². The van der Waals surface area contributed by atoms with Gasteiger partial charge >= 0.3 is 0 Å². The van der Waals surface area contributed by atoms with Crippen molar-refractivity contribution in [3.05, 3.63) is 35.4 Å². The van der Waals surface area contributed by atoms with Crippen LogP contribution < -0.4 is 11.1 Å². The second kappa shape index (κ2) is 7.81. The maximum absolute atomic E-state index is 12.1. The summed E-state index contributed by atoms with van der Waals surface area (Å²) in [6.45, 7) is 11.1. The molecule has 0 aliphatic carbocycles. The van der Waals surface area contributed by atoms with Crippen LogP contribution >= 0.6 is 12.4 Å². The van der Waals surface area contributed by atoms with E-state index in [4.69, 9.17) is 5.73 Å². The quantitative estimate of drug-likeness (QED) is 0.872. The van der Waals surface area contributed by atoms with Crippen molar-refractivity contribution in [3.8, 4) is 0 Å². The average Bonchev–Trinajstić information content (AvgIpc) is 2.43. The lowest BCUT2D eigenvalue weighted by Crippen LogP contribution is -2.49. The zero-order chi connectivity index (χ0) is 15.4. The smallest absolute Gasteiger partial charge is 0.251 e. The molecule has 120 valence electrons. The van der Waals surface area contributed by atoms with Crippen LogP contribution in [0.3, 0.4) is 0 Å². The molecule has 0 aromatic heterocycles.